The summed E-state index contributed by atoms with van der Waals surface area (Å²) in [4.78, 5) is 1.23. The van der Waals surface area contributed by atoms with E-state index >= 15 is 0 Å². The van der Waals surface area contributed by atoms with Crippen LogP contribution in [-0.2, 0) is 12.8 Å². The molecule has 0 fully saturated rings. The van der Waals surface area contributed by atoms with Crippen LogP contribution in [-0.4, -0.2) is 0 Å². The Morgan fingerprint density at radius 3 is 2.58 bits per heavy atom. The summed E-state index contributed by atoms with van der Waals surface area (Å²) in [5.41, 5.74) is 10.7. The minimum Gasteiger partial charge on any atom is -0.320 e. The first-order chi connectivity index (χ1) is 9.34. The van der Waals surface area contributed by atoms with Crippen molar-refractivity contribution in [2.24, 2.45) is 5.73 Å². The summed E-state index contributed by atoms with van der Waals surface area (Å²) in [6, 6.07) is 15.3. The van der Waals surface area contributed by atoms with Crippen LogP contribution in [0.5, 0.6) is 0 Å². The zero-order valence-electron chi connectivity index (χ0n) is 10.6. The lowest BCUT2D eigenvalue weighted by molar-refractivity contribution is 0.903. The highest BCUT2D eigenvalue weighted by Crippen LogP contribution is 2.36. The van der Waals surface area contributed by atoms with Gasteiger partial charge in [-0.1, -0.05) is 36.4 Å². The van der Waals surface area contributed by atoms with Gasteiger partial charge in [0.1, 0.15) is 0 Å². The van der Waals surface area contributed by atoms with Crippen molar-refractivity contribution >= 4 is 22.1 Å². The van der Waals surface area contributed by atoms with Gasteiger partial charge in [-0.25, -0.2) is 0 Å². The molecule has 0 amide bonds. The lowest BCUT2D eigenvalue weighted by Crippen LogP contribution is -2.10. The van der Waals surface area contributed by atoms with Crippen molar-refractivity contribution in [3.63, 3.8) is 0 Å². The van der Waals surface area contributed by atoms with Gasteiger partial charge in [0.25, 0.3) is 0 Å². The lowest BCUT2D eigenvalue weighted by Gasteiger charge is -2.14. The fourth-order valence-corrected chi connectivity index (χ4v) is 3.91. The molecule has 1 heterocycles. The fourth-order valence-electron chi connectivity index (χ4n) is 3.16. The van der Waals surface area contributed by atoms with Crippen molar-refractivity contribution in [1.82, 2.24) is 0 Å². The molecule has 0 aliphatic heterocycles. The SMILES string of the molecule is NC(c1cccs1)c1ccc2c3c(cccc13)CC2. The molecule has 2 heteroatoms. The second kappa shape index (κ2) is 4.19. The normalized spacial score (nSPS) is 15.0. The van der Waals surface area contributed by atoms with Crippen LogP contribution in [0, 0.1) is 0 Å². The summed E-state index contributed by atoms with van der Waals surface area (Å²) < 4.78 is 0. The number of thiophene rings is 1. The third kappa shape index (κ3) is 1.64. The molecule has 0 saturated carbocycles. The quantitative estimate of drug-likeness (QED) is 0.743. The van der Waals surface area contributed by atoms with Crippen LogP contribution in [0.1, 0.15) is 27.6 Å². The van der Waals surface area contributed by atoms with Crippen LogP contribution in [0.15, 0.2) is 47.8 Å². The predicted molar refractivity (Wildman–Crippen MR) is 81.7 cm³/mol. The van der Waals surface area contributed by atoms with Crippen molar-refractivity contribution in [2.45, 2.75) is 18.9 Å². The molecule has 0 radical (unpaired) electrons. The minimum atomic E-state index is -0.00935. The molecule has 1 aliphatic rings. The Morgan fingerprint density at radius 2 is 1.79 bits per heavy atom. The molecular formula is C17H15NS. The summed E-state index contributed by atoms with van der Waals surface area (Å²) in [5, 5.41) is 4.88. The highest BCUT2D eigenvalue weighted by Gasteiger charge is 2.19. The second-order valence-corrected chi connectivity index (χ2v) is 6.13. The van der Waals surface area contributed by atoms with Gasteiger partial charge in [-0.2, -0.15) is 0 Å². The average Bonchev–Trinajstić information content (AvgIpc) is 3.09. The highest BCUT2D eigenvalue weighted by atomic mass is 32.1. The van der Waals surface area contributed by atoms with Gasteiger partial charge >= 0.3 is 0 Å². The Kier molecular flexibility index (Phi) is 2.47. The van der Waals surface area contributed by atoms with E-state index < -0.39 is 0 Å². The fraction of sp³-hybridized carbons (Fsp3) is 0.176. The molecule has 0 bridgehead atoms. The molecule has 1 aliphatic carbocycles. The van der Waals surface area contributed by atoms with Gasteiger partial charge in [-0.15, -0.1) is 11.3 Å². The van der Waals surface area contributed by atoms with Crippen LogP contribution in [0.2, 0.25) is 0 Å². The molecule has 1 nitrogen and oxygen atoms in total. The summed E-state index contributed by atoms with van der Waals surface area (Å²) in [5.74, 6) is 0. The van der Waals surface area contributed by atoms with Crippen LogP contribution >= 0.6 is 11.3 Å². The van der Waals surface area contributed by atoms with Crippen molar-refractivity contribution in [2.75, 3.05) is 0 Å². The molecule has 0 saturated heterocycles. The van der Waals surface area contributed by atoms with Crippen LogP contribution in [0.4, 0.5) is 0 Å². The van der Waals surface area contributed by atoms with E-state index in [-0.39, 0.29) is 6.04 Å². The summed E-state index contributed by atoms with van der Waals surface area (Å²) in [6.07, 6.45) is 2.34. The van der Waals surface area contributed by atoms with Crippen LogP contribution in [0.3, 0.4) is 0 Å². The van der Waals surface area contributed by atoms with E-state index in [1.807, 2.05) is 0 Å². The Bertz CT molecular complexity index is 733. The van der Waals surface area contributed by atoms with Crippen molar-refractivity contribution < 1.29 is 0 Å². The molecule has 19 heavy (non-hydrogen) atoms. The van der Waals surface area contributed by atoms with E-state index in [1.54, 1.807) is 11.3 Å². The van der Waals surface area contributed by atoms with E-state index in [0.717, 1.165) is 0 Å². The Balaban J connectivity index is 1.97. The number of nitrogens with two attached hydrogens (primary N) is 1. The van der Waals surface area contributed by atoms with Gasteiger partial charge in [0, 0.05) is 4.88 Å². The first-order valence-electron chi connectivity index (χ1n) is 6.67. The smallest absolute Gasteiger partial charge is 0.0652 e. The van der Waals surface area contributed by atoms with Gasteiger partial charge in [0.05, 0.1) is 6.04 Å². The second-order valence-electron chi connectivity index (χ2n) is 5.15. The van der Waals surface area contributed by atoms with E-state index in [2.05, 4.69) is 47.8 Å². The molecule has 4 rings (SSSR count). The van der Waals surface area contributed by atoms with Crippen LogP contribution in [0.25, 0.3) is 10.8 Å². The maximum atomic E-state index is 6.46. The number of rotatable bonds is 2. The standard InChI is InChI=1S/C17H15NS/c18-17(15-5-2-10-19-15)14-9-8-12-7-6-11-3-1-4-13(14)16(11)12/h1-5,8-10,17H,6-7,18H2. The largest absolute Gasteiger partial charge is 0.320 e. The van der Waals surface area contributed by atoms with Crippen molar-refractivity contribution in [3.8, 4) is 0 Å². The van der Waals surface area contributed by atoms with Gasteiger partial charge < -0.3 is 5.73 Å². The van der Waals surface area contributed by atoms with Gasteiger partial charge in [0.15, 0.2) is 0 Å². The first-order valence-corrected chi connectivity index (χ1v) is 7.55. The minimum absolute atomic E-state index is 0.00935. The topological polar surface area (TPSA) is 26.0 Å². The van der Waals surface area contributed by atoms with Crippen molar-refractivity contribution in [1.29, 1.82) is 0 Å². The van der Waals surface area contributed by atoms with Crippen LogP contribution < -0.4 is 5.73 Å². The lowest BCUT2D eigenvalue weighted by atomic mass is 9.95. The van der Waals surface area contributed by atoms with E-state index in [9.17, 15) is 0 Å². The Labute approximate surface area is 116 Å². The number of benzene rings is 2. The number of hydrogen-bond acceptors (Lipinski definition) is 2. The molecular weight excluding hydrogens is 250 g/mol. The maximum Gasteiger partial charge on any atom is 0.0652 e. The summed E-state index contributed by atoms with van der Waals surface area (Å²) in [6.45, 7) is 0. The molecule has 1 aromatic heterocycles. The first kappa shape index (κ1) is 11.2. The third-order valence-electron chi connectivity index (χ3n) is 4.10. The van der Waals surface area contributed by atoms with E-state index in [0.29, 0.717) is 0 Å². The molecule has 1 unspecified atom stereocenters. The molecule has 1 atom stereocenters. The van der Waals surface area contributed by atoms with Gasteiger partial charge in [-0.05, 0) is 51.8 Å². The average molecular weight is 265 g/mol. The summed E-state index contributed by atoms with van der Waals surface area (Å²) >= 11 is 1.73. The molecule has 3 aromatic rings. The summed E-state index contributed by atoms with van der Waals surface area (Å²) in [7, 11) is 0. The van der Waals surface area contributed by atoms with Gasteiger partial charge in [-0.3, -0.25) is 0 Å². The highest BCUT2D eigenvalue weighted by molar-refractivity contribution is 7.10. The zero-order valence-corrected chi connectivity index (χ0v) is 11.4. The van der Waals surface area contributed by atoms with E-state index in [4.69, 9.17) is 5.73 Å². The molecule has 0 spiro atoms. The Hall–Kier alpha value is -1.64. The molecule has 94 valence electrons. The Morgan fingerprint density at radius 1 is 0.947 bits per heavy atom. The molecule has 2 aromatic carbocycles. The molecule has 2 N–H and O–H groups in total. The number of hydrogen-bond donors (Lipinski definition) is 1. The predicted octanol–water partition coefficient (Wildman–Crippen LogP) is 4.05. The van der Waals surface area contributed by atoms with Gasteiger partial charge in [0.2, 0.25) is 0 Å². The van der Waals surface area contributed by atoms with E-state index in [1.165, 1.54) is 45.2 Å². The maximum absolute atomic E-state index is 6.46. The monoisotopic (exact) mass is 265 g/mol. The number of aryl methyl sites for hydroxylation is 2. The van der Waals surface area contributed by atoms with Crippen molar-refractivity contribution in [3.05, 3.63) is 69.4 Å². The third-order valence-corrected chi connectivity index (χ3v) is 5.05. The zero-order chi connectivity index (χ0) is 12.8.